The van der Waals surface area contributed by atoms with E-state index in [4.69, 9.17) is 4.74 Å². The van der Waals surface area contributed by atoms with Gasteiger partial charge in [0, 0.05) is 37.3 Å². The second-order valence-corrected chi connectivity index (χ2v) is 9.16. The number of carbonyl (C=O) groups is 3. The highest BCUT2D eigenvalue weighted by Crippen LogP contribution is 2.38. The summed E-state index contributed by atoms with van der Waals surface area (Å²) in [6.07, 6.45) is 3.90. The van der Waals surface area contributed by atoms with Crippen LogP contribution in [0.2, 0.25) is 0 Å². The van der Waals surface area contributed by atoms with Crippen LogP contribution in [-0.4, -0.2) is 58.7 Å². The second-order valence-electron chi connectivity index (χ2n) is 9.16. The van der Waals surface area contributed by atoms with E-state index in [1.165, 1.54) is 11.0 Å². The molecule has 8 nitrogen and oxygen atoms in total. The molecule has 0 radical (unpaired) electrons. The average molecular weight is 467 g/mol. The lowest BCUT2D eigenvalue weighted by molar-refractivity contribution is -0.136. The van der Waals surface area contributed by atoms with Crippen LogP contribution in [0.15, 0.2) is 30.5 Å². The molecule has 0 saturated carbocycles. The number of halogens is 1. The zero-order chi connectivity index (χ0) is 23.8. The summed E-state index contributed by atoms with van der Waals surface area (Å²) in [6, 6.07) is 5.87. The molecule has 1 N–H and O–H groups in total. The summed E-state index contributed by atoms with van der Waals surface area (Å²) in [5.41, 5.74) is 2.94. The fourth-order valence-corrected chi connectivity index (χ4v) is 5.32. The fraction of sp³-hybridized carbons (Fsp3) is 0.440. The minimum Gasteiger partial charge on any atom is -0.497 e. The van der Waals surface area contributed by atoms with E-state index < -0.39 is 17.8 Å². The summed E-state index contributed by atoms with van der Waals surface area (Å²) < 4.78 is 19.8. The number of carbonyl (C=O) groups excluding carboxylic acids is 3. The van der Waals surface area contributed by atoms with E-state index >= 15 is 0 Å². The molecule has 2 fully saturated rings. The molecule has 178 valence electrons. The number of nitrogens with one attached hydrogen (secondary N) is 1. The normalized spacial score (nSPS) is 21.5. The van der Waals surface area contributed by atoms with Crippen molar-refractivity contribution >= 4 is 17.7 Å². The summed E-state index contributed by atoms with van der Waals surface area (Å²) in [4.78, 5) is 45.2. The molecule has 0 spiro atoms. The van der Waals surface area contributed by atoms with Gasteiger partial charge in [-0.3, -0.25) is 29.6 Å². The molecular formula is C25H27FN4O4. The van der Waals surface area contributed by atoms with Gasteiger partial charge in [-0.05, 0) is 67.6 Å². The molecule has 0 bridgehead atoms. The molecular weight excluding hydrogens is 439 g/mol. The average Bonchev–Trinajstić information content (AvgIpc) is 3.15. The van der Waals surface area contributed by atoms with Crippen LogP contribution in [0.3, 0.4) is 0 Å². The number of hydrogen-bond donors (Lipinski definition) is 1. The van der Waals surface area contributed by atoms with Gasteiger partial charge in [-0.15, -0.1) is 0 Å². The number of hydrogen-bond acceptors (Lipinski definition) is 6. The monoisotopic (exact) mass is 466 g/mol. The van der Waals surface area contributed by atoms with E-state index in [-0.39, 0.29) is 30.7 Å². The lowest BCUT2D eigenvalue weighted by Gasteiger charge is -2.33. The molecule has 2 saturated heterocycles. The highest BCUT2D eigenvalue weighted by atomic mass is 19.1. The number of aromatic nitrogens is 1. The van der Waals surface area contributed by atoms with E-state index in [0.717, 1.165) is 48.5 Å². The predicted octanol–water partition coefficient (Wildman–Crippen LogP) is 2.37. The van der Waals surface area contributed by atoms with Gasteiger partial charge in [0.1, 0.15) is 17.6 Å². The molecule has 1 atom stereocenters. The fourth-order valence-electron chi connectivity index (χ4n) is 5.32. The number of rotatable bonds is 5. The molecule has 34 heavy (non-hydrogen) atoms. The largest absolute Gasteiger partial charge is 0.497 e. The highest BCUT2D eigenvalue weighted by Gasteiger charge is 2.41. The zero-order valence-electron chi connectivity index (χ0n) is 19.1. The van der Waals surface area contributed by atoms with Crippen molar-refractivity contribution in [2.75, 3.05) is 20.2 Å². The van der Waals surface area contributed by atoms with Gasteiger partial charge < -0.3 is 9.64 Å². The highest BCUT2D eigenvalue weighted by molar-refractivity contribution is 6.05. The Hall–Kier alpha value is -3.33. The van der Waals surface area contributed by atoms with Crippen molar-refractivity contribution in [3.63, 3.8) is 0 Å². The van der Waals surface area contributed by atoms with Crippen LogP contribution in [-0.2, 0) is 22.7 Å². The van der Waals surface area contributed by atoms with Crippen LogP contribution in [0.5, 0.6) is 5.75 Å². The number of ether oxygens (including phenoxy) is 1. The SMILES string of the molecule is COc1ccnc(CN2CCC(c3cc(F)cc4c3CN(C3CCC(=O)NC3=O)C4=O)CC2)c1. The van der Waals surface area contributed by atoms with Crippen molar-refractivity contribution < 1.29 is 23.5 Å². The summed E-state index contributed by atoms with van der Waals surface area (Å²) in [5.74, 6) is -0.650. The number of nitrogens with zero attached hydrogens (tertiary/aromatic N) is 3. The molecule has 1 aromatic heterocycles. The Labute approximate surface area is 197 Å². The Kier molecular flexibility index (Phi) is 6.03. The minimum atomic E-state index is -0.703. The van der Waals surface area contributed by atoms with Gasteiger partial charge in [-0.1, -0.05) is 0 Å². The van der Waals surface area contributed by atoms with E-state index in [9.17, 15) is 18.8 Å². The molecule has 1 aromatic carbocycles. The number of benzene rings is 1. The number of pyridine rings is 1. The smallest absolute Gasteiger partial charge is 0.255 e. The van der Waals surface area contributed by atoms with Gasteiger partial charge in [0.15, 0.2) is 0 Å². The first-order valence-electron chi connectivity index (χ1n) is 11.6. The van der Waals surface area contributed by atoms with Gasteiger partial charge in [0.25, 0.3) is 5.91 Å². The second kappa shape index (κ2) is 9.13. The topological polar surface area (TPSA) is 91.8 Å². The molecule has 3 aliphatic heterocycles. The number of methoxy groups -OCH3 is 1. The molecule has 4 heterocycles. The van der Waals surface area contributed by atoms with Crippen LogP contribution in [0.1, 0.15) is 58.8 Å². The van der Waals surface area contributed by atoms with E-state index in [0.29, 0.717) is 18.5 Å². The molecule has 2 aromatic rings. The molecule has 0 aliphatic carbocycles. The van der Waals surface area contributed by atoms with E-state index in [2.05, 4.69) is 15.2 Å². The predicted molar refractivity (Wildman–Crippen MR) is 120 cm³/mol. The van der Waals surface area contributed by atoms with E-state index in [1.807, 2.05) is 12.1 Å². The zero-order valence-corrected chi connectivity index (χ0v) is 19.1. The van der Waals surface area contributed by atoms with Gasteiger partial charge in [-0.25, -0.2) is 4.39 Å². The number of fused-ring (bicyclic) bond motifs is 1. The molecule has 9 heteroatoms. The standard InChI is InChI=1S/C25H27FN4O4/c1-34-18-4-7-27-17(12-18)13-29-8-5-15(6-9-29)19-10-16(26)11-20-21(19)14-30(25(20)33)22-2-3-23(31)28-24(22)32/h4,7,10-12,15,22H,2-3,5-6,8-9,13-14H2,1H3,(H,28,31,32). The van der Waals surface area contributed by atoms with Crippen LogP contribution < -0.4 is 10.1 Å². The maximum Gasteiger partial charge on any atom is 0.255 e. The van der Waals surface area contributed by atoms with Gasteiger partial charge in [0.2, 0.25) is 11.8 Å². The van der Waals surface area contributed by atoms with Crippen molar-refractivity contribution in [3.05, 3.63) is 58.7 Å². The van der Waals surface area contributed by atoms with Gasteiger partial charge >= 0.3 is 0 Å². The lowest BCUT2D eigenvalue weighted by atomic mass is 9.85. The van der Waals surface area contributed by atoms with Crippen LogP contribution in [0, 0.1) is 5.82 Å². The number of imide groups is 1. The maximum absolute atomic E-state index is 14.6. The molecule has 1 unspecified atom stereocenters. The first-order valence-corrected chi connectivity index (χ1v) is 11.6. The summed E-state index contributed by atoms with van der Waals surface area (Å²) in [7, 11) is 1.63. The van der Waals surface area contributed by atoms with Crippen molar-refractivity contribution in [3.8, 4) is 5.75 Å². The molecule has 3 aliphatic rings. The van der Waals surface area contributed by atoms with Crippen molar-refractivity contribution in [2.45, 2.75) is 50.7 Å². The molecule has 3 amide bonds. The Morgan fingerprint density at radius 1 is 1.15 bits per heavy atom. The Bertz CT molecular complexity index is 1150. The number of likely N-dealkylation sites (tertiary alicyclic amines) is 1. The van der Waals surface area contributed by atoms with Crippen molar-refractivity contribution in [2.24, 2.45) is 0 Å². The molecule has 5 rings (SSSR count). The van der Waals surface area contributed by atoms with Crippen LogP contribution >= 0.6 is 0 Å². The first-order chi connectivity index (χ1) is 16.4. The third-order valence-electron chi connectivity index (χ3n) is 7.09. The summed E-state index contributed by atoms with van der Waals surface area (Å²) in [6.45, 7) is 2.65. The Morgan fingerprint density at radius 3 is 2.68 bits per heavy atom. The third kappa shape index (κ3) is 4.27. The summed E-state index contributed by atoms with van der Waals surface area (Å²) in [5, 5.41) is 2.31. The van der Waals surface area contributed by atoms with Crippen molar-refractivity contribution in [1.29, 1.82) is 0 Å². The first kappa shape index (κ1) is 22.5. The number of piperidine rings is 2. The van der Waals surface area contributed by atoms with Gasteiger partial charge in [0.05, 0.1) is 12.8 Å². The lowest BCUT2D eigenvalue weighted by Crippen LogP contribution is -2.52. The Morgan fingerprint density at radius 2 is 1.94 bits per heavy atom. The van der Waals surface area contributed by atoms with E-state index in [1.54, 1.807) is 19.4 Å². The number of amides is 3. The van der Waals surface area contributed by atoms with Gasteiger partial charge in [-0.2, -0.15) is 0 Å². The Balaban J connectivity index is 1.30. The van der Waals surface area contributed by atoms with Crippen LogP contribution in [0.25, 0.3) is 0 Å². The maximum atomic E-state index is 14.6. The summed E-state index contributed by atoms with van der Waals surface area (Å²) >= 11 is 0. The van der Waals surface area contributed by atoms with Crippen molar-refractivity contribution in [1.82, 2.24) is 20.1 Å². The quantitative estimate of drug-likeness (QED) is 0.681. The third-order valence-corrected chi connectivity index (χ3v) is 7.09. The van der Waals surface area contributed by atoms with Crippen LogP contribution in [0.4, 0.5) is 4.39 Å². The minimum absolute atomic E-state index is 0.133.